The van der Waals surface area contributed by atoms with E-state index in [4.69, 9.17) is 21.1 Å². The largest absolute Gasteiger partial charge is 0.493 e. The summed E-state index contributed by atoms with van der Waals surface area (Å²) in [6.07, 6.45) is 0.720. The number of amides is 1. The standard InChI is InChI=1S/C18H18ClFN2O4/c1-3-25-18(23)22-21-10-12-8-14(19)17(16(9-12)24-2)26-11-13-6-4-5-7-15(13)20/h4-10H,3,11H2,1-2H3,(H,22,23). The maximum Gasteiger partial charge on any atom is 0.427 e. The number of nitrogens with one attached hydrogen (secondary N) is 1. The minimum atomic E-state index is -0.661. The number of rotatable bonds is 7. The fourth-order valence-corrected chi connectivity index (χ4v) is 2.32. The van der Waals surface area contributed by atoms with Crippen molar-refractivity contribution < 1.29 is 23.4 Å². The Morgan fingerprint density at radius 3 is 2.81 bits per heavy atom. The van der Waals surface area contributed by atoms with Crippen molar-refractivity contribution in [3.05, 3.63) is 58.4 Å². The molecule has 1 amide bonds. The highest BCUT2D eigenvalue weighted by Crippen LogP contribution is 2.36. The molecular weight excluding hydrogens is 363 g/mol. The van der Waals surface area contributed by atoms with Crippen LogP contribution in [0.1, 0.15) is 18.1 Å². The summed E-state index contributed by atoms with van der Waals surface area (Å²) in [5.74, 6) is 0.274. The highest BCUT2D eigenvalue weighted by Gasteiger charge is 2.13. The molecule has 0 radical (unpaired) electrons. The average Bonchev–Trinajstić information content (AvgIpc) is 2.62. The molecular formula is C18H18ClFN2O4. The molecule has 26 heavy (non-hydrogen) atoms. The lowest BCUT2D eigenvalue weighted by Crippen LogP contribution is -2.18. The Kier molecular flexibility index (Phi) is 7.23. The van der Waals surface area contributed by atoms with E-state index in [-0.39, 0.29) is 29.8 Å². The summed E-state index contributed by atoms with van der Waals surface area (Å²) < 4.78 is 29.3. The highest BCUT2D eigenvalue weighted by molar-refractivity contribution is 6.32. The molecule has 1 N–H and O–H groups in total. The van der Waals surface area contributed by atoms with Gasteiger partial charge in [-0.2, -0.15) is 5.10 Å². The third kappa shape index (κ3) is 5.35. The fraction of sp³-hybridized carbons (Fsp3) is 0.222. The lowest BCUT2D eigenvalue weighted by Gasteiger charge is -2.13. The number of nitrogens with zero attached hydrogens (tertiary/aromatic N) is 1. The van der Waals surface area contributed by atoms with Crippen molar-refractivity contribution in [2.24, 2.45) is 5.10 Å². The van der Waals surface area contributed by atoms with E-state index in [1.54, 1.807) is 37.3 Å². The summed E-state index contributed by atoms with van der Waals surface area (Å²) in [4.78, 5) is 11.2. The molecule has 0 saturated carbocycles. The lowest BCUT2D eigenvalue weighted by molar-refractivity contribution is 0.152. The number of hydrogen-bond donors (Lipinski definition) is 1. The Hall–Kier alpha value is -2.80. The third-order valence-electron chi connectivity index (χ3n) is 3.23. The molecule has 0 bridgehead atoms. The highest BCUT2D eigenvalue weighted by atomic mass is 35.5. The second kappa shape index (κ2) is 9.62. The quantitative estimate of drug-likeness (QED) is 0.578. The van der Waals surface area contributed by atoms with Gasteiger partial charge in [0.1, 0.15) is 12.4 Å². The molecule has 0 saturated heterocycles. The van der Waals surface area contributed by atoms with E-state index < -0.39 is 6.09 Å². The molecule has 0 aliphatic rings. The van der Waals surface area contributed by atoms with E-state index in [0.29, 0.717) is 16.9 Å². The number of hydrazone groups is 1. The second-order valence-electron chi connectivity index (χ2n) is 5.00. The number of carbonyl (C=O) groups is 1. The van der Waals surface area contributed by atoms with E-state index in [1.165, 1.54) is 19.4 Å². The molecule has 138 valence electrons. The van der Waals surface area contributed by atoms with Crippen LogP contribution in [0.4, 0.5) is 9.18 Å². The second-order valence-corrected chi connectivity index (χ2v) is 5.41. The molecule has 0 atom stereocenters. The molecule has 2 aromatic carbocycles. The van der Waals surface area contributed by atoms with E-state index in [0.717, 1.165) is 0 Å². The summed E-state index contributed by atoms with van der Waals surface area (Å²) in [5, 5.41) is 4.02. The Labute approximate surface area is 155 Å². The molecule has 6 nitrogen and oxygen atoms in total. The minimum absolute atomic E-state index is 0.000598. The summed E-state index contributed by atoms with van der Waals surface area (Å²) in [6, 6.07) is 9.50. The average molecular weight is 381 g/mol. The zero-order chi connectivity index (χ0) is 18.9. The van der Waals surface area contributed by atoms with Gasteiger partial charge in [0.15, 0.2) is 11.5 Å². The van der Waals surface area contributed by atoms with Crippen molar-refractivity contribution in [3.8, 4) is 11.5 Å². The van der Waals surface area contributed by atoms with Crippen LogP contribution in [0.25, 0.3) is 0 Å². The van der Waals surface area contributed by atoms with Crippen molar-refractivity contribution in [1.82, 2.24) is 5.43 Å². The molecule has 2 rings (SSSR count). The van der Waals surface area contributed by atoms with Crippen LogP contribution in [0.5, 0.6) is 11.5 Å². The monoisotopic (exact) mass is 380 g/mol. The van der Waals surface area contributed by atoms with Crippen LogP contribution in [0.3, 0.4) is 0 Å². The van der Waals surface area contributed by atoms with Crippen molar-refractivity contribution in [2.75, 3.05) is 13.7 Å². The summed E-state index contributed by atoms with van der Waals surface area (Å²) in [5.41, 5.74) is 3.18. The normalized spacial score (nSPS) is 10.6. The first-order chi connectivity index (χ1) is 12.5. The lowest BCUT2D eigenvalue weighted by atomic mass is 10.2. The topological polar surface area (TPSA) is 69.2 Å². The molecule has 0 heterocycles. The van der Waals surface area contributed by atoms with Gasteiger partial charge in [-0.3, -0.25) is 0 Å². The number of halogens is 2. The molecule has 0 aliphatic carbocycles. The molecule has 0 spiro atoms. The number of hydrogen-bond acceptors (Lipinski definition) is 5. The summed E-state index contributed by atoms with van der Waals surface area (Å²) in [6.45, 7) is 1.93. The van der Waals surface area contributed by atoms with E-state index in [2.05, 4.69) is 15.3 Å². The summed E-state index contributed by atoms with van der Waals surface area (Å²) >= 11 is 6.24. The predicted molar refractivity (Wildman–Crippen MR) is 96.5 cm³/mol. The molecule has 0 aliphatic heterocycles. The number of ether oxygens (including phenoxy) is 3. The van der Waals surface area contributed by atoms with Crippen LogP contribution in [0, 0.1) is 5.82 Å². The Morgan fingerprint density at radius 1 is 1.35 bits per heavy atom. The van der Waals surface area contributed by atoms with Crippen molar-refractivity contribution in [3.63, 3.8) is 0 Å². The Morgan fingerprint density at radius 2 is 2.12 bits per heavy atom. The number of carbonyl (C=O) groups excluding carboxylic acids is 1. The molecule has 0 unspecified atom stereocenters. The maximum absolute atomic E-state index is 13.7. The Bertz CT molecular complexity index is 799. The van der Waals surface area contributed by atoms with Crippen LogP contribution in [0.2, 0.25) is 5.02 Å². The van der Waals surface area contributed by atoms with Crippen LogP contribution < -0.4 is 14.9 Å². The zero-order valence-electron chi connectivity index (χ0n) is 14.3. The first-order valence-electron chi connectivity index (χ1n) is 7.74. The Balaban J connectivity index is 2.12. The van der Waals surface area contributed by atoms with Gasteiger partial charge in [0.05, 0.1) is 25.0 Å². The van der Waals surface area contributed by atoms with Crippen LogP contribution >= 0.6 is 11.6 Å². The van der Waals surface area contributed by atoms with E-state index in [9.17, 15) is 9.18 Å². The van der Waals surface area contributed by atoms with Gasteiger partial charge in [-0.15, -0.1) is 0 Å². The molecule has 2 aromatic rings. The van der Waals surface area contributed by atoms with Gasteiger partial charge < -0.3 is 14.2 Å². The molecule has 8 heteroatoms. The van der Waals surface area contributed by atoms with Crippen molar-refractivity contribution >= 4 is 23.9 Å². The smallest absolute Gasteiger partial charge is 0.427 e. The minimum Gasteiger partial charge on any atom is -0.493 e. The summed E-state index contributed by atoms with van der Waals surface area (Å²) in [7, 11) is 1.46. The van der Waals surface area contributed by atoms with Gasteiger partial charge in [0, 0.05) is 5.56 Å². The van der Waals surface area contributed by atoms with Gasteiger partial charge in [0.2, 0.25) is 0 Å². The first kappa shape index (κ1) is 19.5. The van der Waals surface area contributed by atoms with Crippen molar-refractivity contribution in [2.45, 2.75) is 13.5 Å². The predicted octanol–water partition coefficient (Wildman–Crippen LogP) is 4.15. The molecule has 0 aromatic heterocycles. The van der Waals surface area contributed by atoms with Gasteiger partial charge >= 0.3 is 6.09 Å². The van der Waals surface area contributed by atoms with Crippen LogP contribution in [-0.4, -0.2) is 26.0 Å². The molecule has 0 fully saturated rings. The number of methoxy groups -OCH3 is 1. The van der Waals surface area contributed by atoms with E-state index >= 15 is 0 Å². The SMILES string of the molecule is CCOC(=O)NN=Cc1cc(Cl)c(OCc2ccccc2F)c(OC)c1. The van der Waals surface area contributed by atoms with Gasteiger partial charge in [-0.1, -0.05) is 29.8 Å². The van der Waals surface area contributed by atoms with Gasteiger partial charge in [-0.05, 0) is 30.7 Å². The van der Waals surface area contributed by atoms with E-state index in [1.807, 2.05) is 0 Å². The van der Waals surface area contributed by atoms with Crippen molar-refractivity contribution in [1.29, 1.82) is 0 Å². The third-order valence-corrected chi connectivity index (χ3v) is 3.51. The fourth-order valence-electron chi connectivity index (χ4n) is 2.04. The maximum atomic E-state index is 13.7. The number of benzene rings is 2. The van der Waals surface area contributed by atoms with Crippen LogP contribution in [-0.2, 0) is 11.3 Å². The van der Waals surface area contributed by atoms with Crippen LogP contribution in [0.15, 0.2) is 41.5 Å². The zero-order valence-corrected chi connectivity index (χ0v) is 15.0. The van der Waals surface area contributed by atoms with Gasteiger partial charge in [-0.25, -0.2) is 14.6 Å². The first-order valence-corrected chi connectivity index (χ1v) is 8.12. The van der Waals surface area contributed by atoms with Gasteiger partial charge in [0.25, 0.3) is 0 Å².